The first-order valence-corrected chi connectivity index (χ1v) is 7.29. The Morgan fingerprint density at radius 3 is 2.95 bits per heavy atom. The second-order valence-electron chi connectivity index (χ2n) is 5.28. The highest BCUT2D eigenvalue weighted by Crippen LogP contribution is 2.30. The van der Waals surface area contributed by atoms with Crippen molar-refractivity contribution in [2.24, 2.45) is 11.7 Å². The van der Waals surface area contributed by atoms with Gasteiger partial charge in [0.2, 0.25) is 0 Å². The SMILES string of the molecule is CC1CCC(CN)CN1c1cnn(CCO)c(=O)c1Cl. The van der Waals surface area contributed by atoms with Crippen LogP contribution in [-0.4, -0.2) is 40.6 Å². The second kappa shape index (κ2) is 6.56. The van der Waals surface area contributed by atoms with Gasteiger partial charge in [0.05, 0.1) is 25.0 Å². The lowest BCUT2D eigenvalue weighted by molar-refractivity contribution is 0.266. The van der Waals surface area contributed by atoms with E-state index in [4.69, 9.17) is 22.4 Å². The first kappa shape index (κ1) is 15.3. The van der Waals surface area contributed by atoms with E-state index in [1.807, 2.05) is 0 Å². The van der Waals surface area contributed by atoms with Crippen molar-refractivity contribution in [3.05, 3.63) is 21.6 Å². The maximum absolute atomic E-state index is 12.1. The van der Waals surface area contributed by atoms with Crippen molar-refractivity contribution in [2.45, 2.75) is 32.4 Å². The van der Waals surface area contributed by atoms with Crippen LogP contribution in [0.1, 0.15) is 19.8 Å². The van der Waals surface area contributed by atoms with Gasteiger partial charge >= 0.3 is 0 Å². The van der Waals surface area contributed by atoms with Crippen LogP contribution in [0.2, 0.25) is 5.02 Å². The fraction of sp³-hybridized carbons (Fsp3) is 0.692. The normalized spacial score (nSPS) is 23.1. The average Bonchev–Trinajstić information content (AvgIpc) is 2.45. The van der Waals surface area contributed by atoms with E-state index < -0.39 is 0 Å². The number of anilines is 1. The van der Waals surface area contributed by atoms with Crippen molar-refractivity contribution >= 4 is 17.3 Å². The standard InChI is InChI=1S/C13H21ClN4O2/c1-9-2-3-10(6-15)8-17(9)11-7-16-18(4-5-19)13(20)12(11)14/h7,9-10,19H,2-6,8,15H2,1H3. The third-order valence-corrected chi connectivity index (χ3v) is 4.26. The minimum Gasteiger partial charge on any atom is -0.394 e. The van der Waals surface area contributed by atoms with Crippen molar-refractivity contribution < 1.29 is 5.11 Å². The summed E-state index contributed by atoms with van der Waals surface area (Å²) >= 11 is 6.20. The van der Waals surface area contributed by atoms with Gasteiger partial charge in [0.1, 0.15) is 5.02 Å². The number of hydrogen-bond acceptors (Lipinski definition) is 5. The molecule has 1 aliphatic rings. The molecule has 1 saturated heterocycles. The molecule has 20 heavy (non-hydrogen) atoms. The first-order chi connectivity index (χ1) is 9.58. The summed E-state index contributed by atoms with van der Waals surface area (Å²) in [5, 5.41) is 13.1. The maximum Gasteiger partial charge on any atom is 0.287 e. The summed E-state index contributed by atoms with van der Waals surface area (Å²) in [4.78, 5) is 14.2. The fourth-order valence-corrected chi connectivity index (χ4v) is 2.88. The molecule has 2 heterocycles. The van der Waals surface area contributed by atoms with E-state index in [2.05, 4.69) is 16.9 Å². The van der Waals surface area contributed by atoms with Crippen LogP contribution in [0.5, 0.6) is 0 Å². The van der Waals surface area contributed by atoms with Gasteiger partial charge in [0, 0.05) is 12.6 Å². The van der Waals surface area contributed by atoms with Gasteiger partial charge in [-0.1, -0.05) is 11.6 Å². The monoisotopic (exact) mass is 300 g/mol. The molecule has 1 fully saturated rings. The molecule has 7 heteroatoms. The zero-order chi connectivity index (χ0) is 14.7. The number of aromatic nitrogens is 2. The lowest BCUT2D eigenvalue weighted by atomic mass is 9.93. The third-order valence-electron chi connectivity index (χ3n) is 3.90. The van der Waals surface area contributed by atoms with Crippen molar-refractivity contribution in [1.29, 1.82) is 0 Å². The van der Waals surface area contributed by atoms with Crippen LogP contribution in [0.15, 0.2) is 11.0 Å². The Morgan fingerprint density at radius 2 is 2.30 bits per heavy atom. The Kier molecular flexibility index (Phi) is 5.01. The minimum atomic E-state index is -0.361. The lowest BCUT2D eigenvalue weighted by Gasteiger charge is -2.39. The predicted molar refractivity (Wildman–Crippen MR) is 79.2 cm³/mol. The Balaban J connectivity index is 2.32. The third kappa shape index (κ3) is 2.97. The maximum atomic E-state index is 12.1. The molecule has 0 amide bonds. The summed E-state index contributed by atoms with van der Waals surface area (Å²) in [5.74, 6) is 0.419. The Labute approximate surface area is 123 Å². The molecule has 1 aromatic heterocycles. The zero-order valence-electron chi connectivity index (χ0n) is 11.6. The van der Waals surface area contributed by atoms with Crippen LogP contribution >= 0.6 is 11.6 Å². The molecule has 2 unspecified atom stereocenters. The second-order valence-corrected chi connectivity index (χ2v) is 5.65. The Morgan fingerprint density at radius 1 is 1.55 bits per heavy atom. The van der Waals surface area contributed by atoms with E-state index in [-0.39, 0.29) is 23.7 Å². The number of piperidine rings is 1. The Hall–Kier alpha value is -1.11. The van der Waals surface area contributed by atoms with E-state index in [1.54, 1.807) is 6.20 Å². The number of aliphatic hydroxyl groups is 1. The molecule has 0 aliphatic carbocycles. The predicted octanol–water partition coefficient (Wildman–Crippen LogP) is 0.453. The van der Waals surface area contributed by atoms with Crippen molar-refractivity contribution in [1.82, 2.24) is 9.78 Å². The average molecular weight is 301 g/mol. The molecule has 0 spiro atoms. The van der Waals surface area contributed by atoms with E-state index >= 15 is 0 Å². The molecule has 112 valence electrons. The molecular formula is C13H21ClN4O2. The summed E-state index contributed by atoms with van der Waals surface area (Å²) in [6.07, 6.45) is 3.73. The zero-order valence-corrected chi connectivity index (χ0v) is 12.4. The van der Waals surface area contributed by atoms with Crippen molar-refractivity contribution in [2.75, 3.05) is 24.6 Å². The number of nitrogens with zero attached hydrogens (tertiary/aromatic N) is 3. The molecule has 1 aliphatic heterocycles. The summed E-state index contributed by atoms with van der Waals surface area (Å²) in [7, 11) is 0. The van der Waals surface area contributed by atoms with E-state index in [1.165, 1.54) is 4.68 Å². The molecule has 2 atom stereocenters. The highest BCUT2D eigenvalue weighted by atomic mass is 35.5. The molecule has 2 rings (SSSR count). The molecule has 0 bridgehead atoms. The van der Waals surface area contributed by atoms with Gasteiger partial charge in [-0.25, -0.2) is 4.68 Å². The topological polar surface area (TPSA) is 84.4 Å². The molecular weight excluding hydrogens is 280 g/mol. The smallest absolute Gasteiger partial charge is 0.287 e. The van der Waals surface area contributed by atoms with Gasteiger partial charge in [0.15, 0.2) is 0 Å². The molecule has 0 saturated carbocycles. The largest absolute Gasteiger partial charge is 0.394 e. The molecule has 6 nitrogen and oxygen atoms in total. The quantitative estimate of drug-likeness (QED) is 0.843. The summed E-state index contributed by atoms with van der Waals surface area (Å²) in [6, 6.07) is 0.310. The van der Waals surface area contributed by atoms with E-state index in [0.29, 0.717) is 24.2 Å². The molecule has 1 aromatic rings. The molecule has 0 aromatic carbocycles. The van der Waals surface area contributed by atoms with Gasteiger partial charge in [-0.3, -0.25) is 4.79 Å². The highest BCUT2D eigenvalue weighted by Gasteiger charge is 2.27. The summed E-state index contributed by atoms with van der Waals surface area (Å²) in [6.45, 7) is 3.55. The fourth-order valence-electron chi connectivity index (χ4n) is 2.62. The summed E-state index contributed by atoms with van der Waals surface area (Å²) < 4.78 is 1.18. The van der Waals surface area contributed by atoms with Crippen molar-refractivity contribution in [3.63, 3.8) is 0 Å². The van der Waals surface area contributed by atoms with Crippen LogP contribution in [0.4, 0.5) is 5.69 Å². The van der Waals surface area contributed by atoms with Gasteiger partial charge in [0.25, 0.3) is 5.56 Å². The molecule has 0 radical (unpaired) electrons. The van der Waals surface area contributed by atoms with Gasteiger partial charge < -0.3 is 15.7 Å². The van der Waals surface area contributed by atoms with Gasteiger partial charge in [-0.05, 0) is 32.2 Å². The van der Waals surface area contributed by atoms with Crippen LogP contribution in [-0.2, 0) is 6.54 Å². The van der Waals surface area contributed by atoms with E-state index in [9.17, 15) is 4.79 Å². The van der Waals surface area contributed by atoms with Crippen LogP contribution in [0, 0.1) is 5.92 Å². The van der Waals surface area contributed by atoms with Crippen LogP contribution < -0.4 is 16.2 Å². The lowest BCUT2D eigenvalue weighted by Crippen LogP contribution is -2.45. The Bertz CT molecular complexity index is 520. The number of hydrogen-bond donors (Lipinski definition) is 2. The summed E-state index contributed by atoms with van der Waals surface area (Å²) in [5.41, 5.74) is 6.05. The van der Waals surface area contributed by atoms with Gasteiger partial charge in [-0.2, -0.15) is 5.10 Å². The first-order valence-electron chi connectivity index (χ1n) is 6.91. The number of rotatable bonds is 4. The van der Waals surface area contributed by atoms with E-state index in [0.717, 1.165) is 19.4 Å². The highest BCUT2D eigenvalue weighted by molar-refractivity contribution is 6.33. The number of aliphatic hydroxyl groups excluding tert-OH is 1. The van der Waals surface area contributed by atoms with Gasteiger partial charge in [-0.15, -0.1) is 0 Å². The van der Waals surface area contributed by atoms with Crippen molar-refractivity contribution in [3.8, 4) is 0 Å². The number of nitrogens with two attached hydrogens (primary N) is 1. The minimum absolute atomic E-state index is 0.141. The van der Waals surface area contributed by atoms with Crippen LogP contribution in [0.25, 0.3) is 0 Å². The molecule has 3 N–H and O–H groups in total. The number of halogens is 1. The van der Waals surface area contributed by atoms with Crippen LogP contribution in [0.3, 0.4) is 0 Å².